The number of ether oxygens (including phenoxy) is 1. The zero-order chi connectivity index (χ0) is 15.2. The molecule has 0 aliphatic carbocycles. The largest absolute Gasteiger partial charge is 0.452 e. The lowest BCUT2D eigenvalue weighted by Gasteiger charge is -2.08. The number of rotatable bonds is 4. The van der Waals surface area contributed by atoms with Crippen LogP contribution in [0.25, 0.3) is 0 Å². The van der Waals surface area contributed by atoms with Crippen LogP contribution in [-0.2, 0) is 9.53 Å². The second kappa shape index (κ2) is 6.56. The number of hydrogen-bond donors (Lipinski definition) is 1. The highest BCUT2D eigenvalue weighted by Gasteiger charge is 2.27. The van der Waals surface area contributed by atoms with Crippen LogP contribution in [-0.4, -0.2) is 31.2 Å². The Bertz CT molecular complexity index is 532. The minimum absolute atomic E-state index is 0.0904. The maximum absolute atomic E-state index is 11.8. The highest BCUT2D eigenvalue weighted by Crippen LogP contribution is 2.12. The summed E-state index contributed by atoms with van der Waals surface area (Å²) in [4.78, 5) is 22.4. The van der Waals surface area contributed by atoms with Crippen molar-refractivity contribution < 1.29 is 27.5 Å². The maximum Gasteiger partial charge on any atom is 0.405 e. The molecule has 1 rings (SSSR count). The van der Waals surface area contributed by atoms with Gasteiger partial charge in [0.05, 0.1) is 17.2 Å². The Hall–Kier alpha value is -2.56. The molecule has 0 heterocycles. The summed E-state index contributed by atoms with van der Waals surface area (Å²) in [6, 6.07) is 7.23. The van der Waals surface area contributed by atoms with Crippen molar-refractivity contribution in [1.29, 1.82) is 5.26 Å². The number of amides is 1. The van der Waals surface area contributed by atoms with Crippen LogP contribution < -0.4 is 5.32 Å². The first kappa shape index (κ1) is 15.5. The highest BCUT2D eigenvalue weighted by molar-refractivity contribution is 5.91. The van der Waals surface area contributed by atoms with E-state index in [9.17, 15) is 22.8 Å². The minimum atomic E-state index is -4.52. The molecule has 0 saturated carbocycles. The summed E-state index contributed by atoms with van der Waals surface area (Å²) < 4.78 is 39.9. The van der Waals surface area contributed by atoms with Gasteiger partial charge in [-0.15, -0.1) is 0 Å². The smallest absolute Gasteiger partial charge is 0.405 e. The van der Waals surface area contributed by atoms with Gasteiger partial charge in [0.25, 0.3) is 5.91 Å². The van der Waals surface area contributed by atoms with E-state index in [1.165, 1.54) is 24.3 Å². The molecular weight excluding hydrogens is 277 g/mol. The van der Waals surface area contributed by atoms with E-state index in [4.69, 9.17) is 5.26 Å². The summed E-state index contributed by atoms with van der Waals surface area (Å²) in [5.74, 6) is -1.92. The van der Waals surface area contributed by atoms with Gasteiger partial charge in [-0.1, -0.05) is 0 Å². The van der Waals surface area contributed by atoms with Gasteiger partial charge in [-0.3, -0.25) is 4.79 Å². The number of hydrogen-bond acceptors (Lipinski definition) is 4. The minimum Gasteiger partial charge on any atom is -0.452 e. The Labute approximate surface area is 111 Å². The van der Waals surface area contributed by atoms with E-state index in [2.05, 4.69) is 4.74 Å². The van der Waals surface area contributed by atoms with Gasteiger partial charge in [0.1, 0.15) is 6.54 Å². The fourth-order valence-corrected chi connectivity index (χ4v) is 1.15. The lowest BCUT2D eigenvalue weighted by atomic mass is 10.1. The topological polar surface area (TPSA) is 79.2 Å². The highest BCUT2D eigenvalue weighted by atomic mass is 19.4. The average Bonchev–Trinajstić information content (AvgIpc) is 2.41. The standard InChI is InChI=1S/C12H9F3N2O3/c13-12(14,15)7-17-10(18)6-20-11(19)9-3-1-8(5-16)2-4-9/h1-4H,6-7H2,(H,17,18). The van der Waals surface area contributed by atoms with Crippen LogP contribution in [0.2, 0.25) is 0 Å². The summed E-state index contributed by atoms with van der Waals surface area (Å²) in [6.07, 6.45) is -4.52. The Morgan fingerprint density at radius 2 is 1.85 bits per heavy atom. The summed E-state index contributed by atoms with van der Waals surface area (Å²) in [5, 5.41) is 10.1. The van der Waals surface area contributed by atoms with Crippen molar-refractivity contribution in [3.8, 4) is 6.07 Å². The number of nitriles is 1. The molecule has 0 bridgehead atoms. The second-order valence-corrected chi connectivity index (χ2v) is 3.66. The molecule has 5 nitrogen and oxygen atoms in total. The number of carbonyl (C=O) groups is 2. The van der Waals surface area contributed by atoms with Crippen molar-refractivity contribution in [3.63, 3.8) is 0 Å². The third-order valence-electron chi connectivity index (χ3n) is 2.07. The quantitative estimate of drug-likeness (QED) is 0.848. The first-order valence-corrected chi connectivity index (χ1v) is 5.32. The van der Waals surface area contributed by atoms with Gasteiger partial charge in [0, 0.05) is 0 Å². The predicted octanol–water partition coefficient (Wildman–Crippen LogP) is 1.39. The van der Waals surface area contributed by atoms with E-state index < -0.39 is 31.2 Å². The lowest BCUT2D eigenvalue weighted by molar-refractivity contribution is -0.140. The van der Waals surface area contributed by atoms with Crippen LogP contribution in [0.15, 0.2) is 24.3 Å². The number of esters is 1. The average molecular weight is 286 g/mol. The molecule has 0 fully saturated rings. The molecule has 0 atom stereocenters. The Morgan fingerprint density at radius 3 is 2.35 bits per heavy atom. The molecule has 1 aromatic carbocycles. The van der Waals surface area contributed by atoms with Crippen molar-refractivity contribution in [1.82, 2.24) is 5.32 Å². The van der Waals surface area contributed by atoms with E-state index in [0.29, 0.717) is 5.56 Å². The molecule has 0 aliphatic rings. The third kappa shape index (κ3) is 5.39. The van der Waals surface area contributed by atoms with E-state index >= 15 is 0 Å². The Kier molecular flexibility index (Phi) is 5.08. The van der Waals surface area contributed by atoms with Crippen LogP contribution in [0.1, 0.15) is 15.9 Å². The molecule has 8 heteroatoms. The number of benzene rings is 1. The van der Waals surface area contributed by atoms with Gasteiger partial charge < -0.3 is 10.1 Å². The SMILES string of the molecule is N#Cc1ccc(C(=O)OCC(=O)NCC(F)(F)F)cc1. The summed E-state index contributed by atoms with van der Waals surface area (Å²) in [7, 11) is 0. The molecule has 0 aromatic heterocycles. The first-order valence-electron chi connectivity index (χ1n) is 5.32. The molecule has 0 saturated heterocycles. The molecule has 1 amide bonds. The summed E-state index contributed by atoms with van der Waals surface area (Å²) >= 11 is 0. The van der Waals surface area contributed by atoms with Crippen LogP contribution in [0, 0.1) is 11.3 Å². The third-order valence-corrected chi connectivity index (χ3v) is 2.07. The van der Waals surface area contributed by atoms with Crippen molar-refractivity contribution in [2.45, 2.75) is 6.18 Å². The number of carbonyl (C=O) groups excluding carboxylic acids is 2. The lowest BCUT2D eigenvalue weighted by Crippen LogP contribution is -2.36. The number of nitrogens with one attached hydrogen (secondary N) is 1. The molecule has 0 spiro atoms. The van der Waals surface area contributed by atoms with Gasteiger partial charge >= 0.3 is 12.1 Å². The van der Waals surface area contributed by atoms with Crippen LogP contribution in [0.4, 0.5) is 13.2 Å². The van der Waals surface area contributed by atoms with E-state index in [1.54, 1.807) is 5.32 Å². The van der Waals surface area contributed by atoms with Gasteiger partial charge in [0.15, 0.2) is 6.61 Å². The fourth-order valence-electron chi connectivity index (χ4n) is 1.15. The molecular formula is C12H9F3N2O3. The molecule has 1 aromatic rings. The van der Waals surface area contributed by atoms with Crippen molar-refractivity contribution in [2.24, 2.45) is 0 Å². The van der Waals surface area contributed by atoms with Crippen LogP contribution in [0.3, 0.4) is 0 Å². The molecule has 0 radical (unpaired) electrons. The fraction of sp³-hybridized carbons (Fsp3) is 0.250. The predicted molar refractivity (Wildman–Crippen MR) is 60.5 cm³/mol. The van der Waals surface area contributed by atoms with Crippen molar-refractivity contribution in [3.05, 3.63) is 35.4 Å². The molecule has 1 N–H and O–H groups in total. The Morgan fingerprint density at radius 1 is 1.25 bits per heavy atom. The number of alkyl halides is 3. The molecule has 0 unspecified atom stereocenters. The van der Waals surface area contributed by atoms with E-state index in [-0.39, 0.29) is 5.56 Å². The van der Waals surface area contributed by atoms with Crippen molar-refractivity contribution >= 4 is 11.9 Å². The number of halogens is 3. The van der Waals surface area contributed by atoms with Gasteiger partial charge in [-0.25, -0.2) is 4.79 Å². The summed E-state index contributed by atoms with van der Waals surface area (Å²) in [5.41, 5.74) is 0.428. The molecule has 0 aliphatic heterocycles. The number of nitrogens with zero attached hydrogens (tertiary/aromatic N) is 1. The second-order valence-electron chi connectivity index (χ2n) is 3.66. The zero-order valence-corrected chi connectivity index (χ0v) is 10.0. The normalized spacial score (nSPS) is 10.5. The van der Waals surface area contributed by atoms with E-state index in [1.807, 2.05) is 6.07 Å². The molecule has 106 valence electrons. The van der Waals surface area contributed by atoms with Crippen molar-refractivity contribution in [2.75, 3.05) is 13.2 Å². The first-order chi connectivity index (χ1) is 9.31. The monoisotopic (exact) mass is 286 g/mol. The van der Waals surface area contributed by atoms with Gasteiger partial charge in [-0.2, -0.15) is 18.4 Å². The van der Waals surface area contributed by atoms with Gasteiger partial charge in [0.2, 0.25) is 0 Å². The van der Waals surface area contributed by atoms with Crippen LogP contribution in [0.5, 0.6) is 0 Å². The van der Waals surface area contributed by atoms with E-state index in [0.717, 1.165) is 0 Å². The molecule has 20 heavy (non-hydrogen) atoms. The Balaban J connectivity index is 2.43. The van der Waals surface area contributed by atoms with Gasteiger partial charge in [-0.05, 0) is 24.3 Å². The van der Waals surface area contributed by atoms with Crippen LogP contribution >= 0.6 is 0 Å². The summed E-state index contributed by atoms with van der Waals surface area (Å²) in [6.45, 7) is -2.30. The maximum atomic E-state index is 11.8. The zero-order valence-electron chi connectivity index (χ0n) is 10.0.